The number of benzene rings is 2. The summed E-state index contributed by atoms with van der Waals surface area (Å²) < 4.78 is 11.9. The van der Waals surface area contributed by atoms with Crippen LogP contribution in [-0.4, -0.2) is 42.8 Å². The summed E-state index contributed by atoms with van der Waals surface area (Å²) in [6, 6.07) is 12.7. The standard InChI is InChI=1S/C24H28N4O4/c1-16-7-6-10-27(14-16)23-20-8-4-5-9-21(20)28(24(30)26-23)15-22(29)25-17-11-18(31-2)13-19(12-17)32-3/h4-5,8-9,11-13,16H,6-7,10,14-15H2,1-3H3,(H,25,29)/t16-/m1/s1. The quantitative estimate of drug-likeness (QED) is 0.638. The van der Waals surface area contributed by atoms with E-state index < -0.39 is 5.69 Å². The number of piperidine rings is 1. The molecule has 0 saturated carbocycles. The Balaban J connectivity index is 1.64. The van der Waals surface area contributed by atoms with Crippen molar-refractivity contribution in [3.05, 3.63) is 52.9 Å². The Hall–Kier alpha value is -3.55. The zero-order valence-electron chi connectivity index (χ0n) is 18.6. The summed E-state index contributed by atoms with van der Waals surface area (Å²) in [7, 11) is 3.09. The van der Waals surface area contributed by atoms with Gasteiger partial charge in [0.2, 0.25) is 5.91 Å². The predicted molar refractivity (Wildman–Crippen MR) is 125 cm³/mol. The number of amides is 1. The molecular weight excluding hydrogens is 408 g/mol. The van der Waals surface area contributed by atoms with Crippen molar-refractivity contribution in [1.29, 1.82) is 0 Å². The van der Waals surface area contributed by atoms with E-state index >= 15 is 0 Å². The molecule has 0 aliphatic carbocycles. The van der Waals surface area contributed by atoms with Crippen molar-refractivity contribution in [2.45, 2.75) is 26.3 Å². The van der Waals surface area contributed by atoms with E-state index in [0.717, 1.165) is 24.9 Å². The Kier molecular flexibility index (Phi) is 6.30. The van der Waals surface area contributed by atoms with Crippen LogP contribution in [0.1, 0.15) is 19.8 Å². The molecule has 2 heterocycles. The van der Waals surface area contributed by atoms with E-state index in [2.05, 4.69) is 22.1 Å². The number of nitrogens with one attached hydrogen (secondary N) is 1. The number of anilines is 2. The van der Waals surface area contributed by atoms with Gasteiger partial charge in [0.1, 0.15) is 23.9 Å². The zero-order valence-corrected chi connectivity index (χ0v) is 18.6. The maximum atomic E-state index is 13.0. The van der Waals surface area contributed by atoms with Crippen LogP contribution in [0.2, 0.25) is 0 Å². The molecule has 1 amide bonds. The van der Waals surface area contributed by atoms with Crippen molar-refractivity contribution in [3.8, 4) is 11.5 Å². The van der Waals surface area contributed by atoms with Crippen molar-refractivity contribution in [2.75, 3.05) is 37.5 Å². The SMILES string of the molecule is COc1cc(NC(=O)Cn2c(=O)nc(N3CCC[C@@H](C)C3)c3ccccc32)cc(OC)c1. The third-order valence-electron chi connectivity index (χ3n) is 5.76. The average molecular weight is 437 g/mol. The van der Waals surface area contributed by atoms with Gasteiger partial charge in [-0.2, -0.15) is 4.98 Å². The lowest BCUT2D eigenvalue weighted by Crippen LogP contribution is -2.38. The third-order valence-corrected chi connectivity index (χ3v) is 5.76. The molecule has 8 heteroatoms. The normalized spacial score (nSPS) is 16.1. The summed E-state index contributed by atoms with van der Waals surface area (Å²) in [4.78, 5) is 32.4. The second kappa shape index (κ2) is 9.30. The third kappa shape index (κ3) is 4.54. The second-order valence-corrected chi connectivity index (χ2v) is 8.16. The van der Waals surface area contributed by atoms with Crippen molar-refractivity contribution >= 4 is 28.3 Å². The fourth-order valence-corrected chi connectivity index (χ4v) is 4.21. The molecule has 32 heavy (non-hydrogen) atoms. The number of para-hydroxylation sites is 1. The van der Waals surface area contributed by atoms with Crippen LogP contribution >= 0.6 is 0 Å². The fourth-order valence-electron chi connectivity index (χ4n) is 4.21. The minimum Gasteiger partial charge on any atom is -0.497 e. The lowest BCUT2D eigenvalue weighted by molar-refractivity contribution is -0.116. The first-order valence-electron chi connectivity index (χ1n) is 10.8. The van der Waals surface area contributed by atoms with Crippen LogP contribution < -0.4 is 25.4 Å². The molecule has 2 aromatic carbocycles. The number of methoxy groups -OCH3 is 2. The summed E-state index contributed by atoms with van der Waals surface area (Å²) in [6.07, 6.45) is 2.26. The highest BCUT2D eigenvalue weighted by Crippen LogP contribution is 2.28. The van der Waals surface area contributed by atoms with Crippen molar-refractivity contribution in [2.24, 2.45) is 5.92 Å². The van der Waals surface area contributed by atoms with E-state index in [1.807, 2.05) is 24.3 Å². The van der Waals surface area contributed by atoms with E-state index in [1.54, 1.807) is 32.4 Å². The number of hydrogen-bond acceptors (Lipinski definition) is 6. The van der Waals surface area contributed by atoms with Gasteiger partial charge in [0.05, 0.1) is 19.7 Å². The molecule has 1 aliphatic rings. The maximum Gasteiger partial charge on any atom is 0.350 e. The molecule has 1 fully saturated rings. The highest BCUT2D eigenvalue weighted by atomic mass is 16.5. The Morgan fingerprint density at radius 1 is 1.16 bits per heavy atom. The number of aromatic nitrogens is 2. The smallest absolute Gasteiger partial charge is 0.350 e. The van der Waals surface area contributed by atoms with Crippen molar-refractivity contribution in [1.82, 2.24) is 9.55 Å². The van der Waals surface area contributed by atoms with E-state index in [9.17, 15) is 9.59 Å². The number of carbonyl (C=O) groups excluding carboxylic acids is 1. The molecule has 8 nitrogen and oxygen atoms in total. The molecule has 0 bridgehead atoms. The van der Waals surface area contributed by atoms with Gasteiger partial charge in [-0.3, -0.25) is 9.36 Å². The van der Waals surface area contributed by atoms with Crippen LogP contribution in [-0.2, 0) is 11.3 Å². The number of hydrogen-bond donors (Lipinski definition) is 1. The topological polar surface area (TPSA) is 85.7 Å². The Morgan fingerprint density at radius 2 is 1.88 bits per heavy atom. The molecule has 0 radical (unpaired) electrons. The monoisotopic (exact) mass is 436 g/mol. The van der Waals surface area contributed by atoms with Gasteiger partial charge in [-0.1, -0.05) is 19.1 Å². The number of carbonyl (C=O) groups is 1. The molecule has 3 aromatic rings. The van der Waals surface area contributed by atoms with Crippen LogP contribution in [0.3, 0.4) is 0 Å². The molecule has 1 atom stereocenters. The molecule has 1 saturated heterocycles. The van der Waals surface area contributed by atoms with Gasteiger partial charge in [0, 0.05) is 42.4 Å². The lowest BCUT2D eigenvalue weighted by Gasteiger charge is -2.32. The minimum atomic E-state index is -0.435. The van der Waals surface area contributed by atoms with Crippen LogP contribution in [0.15, 0.2) is 47.3 Å². The molecule has 168 valence electrons. The molecule has 1 aliphatic heterocycles. The van der Waals surface area contributed by atoms with Crippen LogP contribution in [0.4, 0.5) is 11.5 Å². The molecule has 1 N–H and O–H groups in total. The average Bonchev–Trinajstić information content (AvgIpc) is 2.80. The Labute approximate surface area is 186 Å². The summed E-state index contributed by atoms with van der Waals surface area (Å²) in [5, 5.41) is 3.69. The largest absolute Gasteiger partial charge is 0.497 e. The first kappa shape index (κ1) is 21.7. The summed E-state index contributed by atoms with van der Waals surface area (Å²) in [6.45, 7) is 3.82. The van der Waals surface area contributed by atoms with Gasteiger partial charge in [-0.15, -0.1) is 0 Å². The van der Waals surface area contributed by atoms with E-state index in [1.165, 1.54) is 11.0 Å². The first-order chi connectivity index (χ1) is 15.5. The molecule has 0 unspecified atom stereocenters. The van der Waals surface area contributed by atoms with Crippen molar-refractivity contribution in [3.63, 3.8) is 0 Å². The first-order valence-corrected chi connectivity index (χ1v) is 10.8. The molecule has 4 rings (SSSR count). The zero-order chi connectivity index (χ0) is 22.7. The summed E-state index contributed by atoms with van der Waals surface area (Å²) >= 11 is 0. The Bertz CT molecular complexity index is 1170. The molecular formula is C24H28N4O4. The number of rotatable bonds is 6. The van der Waals surface area contributed by atoms with Gasteiger partial charge >= 0.3 is 5.69 Å². The summed E-state index contributed by atoms with van der Waals surface area (Å²) in [5.41, 5.74) is 0.782. The molecule has 0 spiro atoms. The van der Waals surface area contributed by atoms with E-state index in [4.69, 9.17) is 9.47 Å². The van der Waals surface area contributed by atoms with Crippen LogP contribution in [0.25, 0.3) is 10.9 Å². The number of fused-ring (bicyclic) bond motifs is 1. The van der Waals surface area contributed by atoms with Crippen molar-refractivity contribution < 1.29 is 14.3 Å². The van der Waals surface area contributed by atoms with E-state index in [0.29, 0.717) is 34.4 Å². The van der Waals surface area contributed by atoms with Gasteiger partial charge in [0.15, 0.2) is 0 Å². The highest BCUT2D eigenvalue weighted by Gasteiger charge is 2.22. The Morgan fingerprint density at radius 3 is 2.56 bits per heavy atom. The van der Waals surface area contributed by atoms with E-state index in [-0.39, 0.29) is 12.5 Å². The minimum absolute atomic E-state index is 0.150. The van der Waals surface area contributed by atoms with Gasteiger partial charge < -0.3 is 19.7 Å². The lowest BCUT2D eigenvalue weighted by atomic mass is 10.00. The van der Waals surface area contributed by atoms with Crippen LogP contribution in [0, 0.1) is 5.92 Å². The molecule has 1 aromatic heterocycles. The van der Waals surface area contributed by atoms with Crippen LogP contribution in [0.5, 0.6) is 11.5 Å². The predicted octanol–water partition coefficient (Wildman–Crippen LogP) is 3.29. The van der Waals surface area contributed by atoms with Gasteiger partial charge in [-0.25, -0.2) is 4.79 Å². The second-order valence-electron chi connectivity index (χ2n) is 8.16. The number of nitrogens with zero attached hydrogens (tertiary/aromatic N) is 3. The maximum absolute atomic E-state index is 13.0. The fraction of sp³-hybridized carbons (Fsp3) is 0.375. The van der Waals surface area contributed by atoms with Gasteiger partial charge in [0.25, 0.3) is 0 Å². The summed E-state index contributed by atoms with van der Waals surface area (Å²) in [5.74, 6) is 2.03. The highest BCUT2D eigenvalue weighted by molar-refractivity contribution is 5.94. The van der Waals surface area contributed by atoms with Gasteiger partial charge in [-0.05, 0) is 30.9 Å². The number of ether oxygens (including phenoxy) is 2.